The van der Waals surface area contributed by atoms with Crippen molar-refractivity contribution in [2.45, 2.75) is 28.7 Å². The molecule has 0 unspecified atom stereocenters. The fourth-order valence-electron chi connectivity index (χ4n) is 3.16. The van der Waals surface area contributed by atoms with E-state index in [1.807, 2.05) is 42.1 Å². The van der Waals surface area contributed by atoms with E-state index in [0.717, 1.165) is 32.7 Å². The highest BCUT2D eigenvalue weighted by Crippen LogP contribution is 2.47. The first-order valence-electron chi connectivity index (χ1n) is 9.02. The zero-order valence-corrected chi connectivity index (χ0v) is 16.3. The number of nitrogens with two attached hydrogens (primary N) is 1. The van der Waals surface area contributed by atoms with Gasteiger partial charge in [0.05, 0.1) is 21.0 Å². The van der Waals surface area contributed by atoms with E-state index in [-0.39, 0.29) is 0 Å². The molecule has 4 nitrogen and oxygen atoms in total. The average Bonchev–Trinajstić information content (AvgIpc) is 3.01. The van der Waals surface area contributed by atoms with Gasteiger partial charge in [-0.25, -0.2) is 9.97 Å². The molecular formula is C21H18N4S2. The fourth-order valence-corrected chi connectivity index (χ4v) is 5.92. The zero-order valence-electron chi connectivity index (χ0n) is 14.6. The van der Waals surface area contributed by atoms with Gasteiger partial charge in [0.1, 0.15) is 4.83 Å². The van der Waals surface area contributed by atoms with Crippen LogP contribution in [-0.4, -0.2) is 20.2 Å². The standard InChI is InChI=1S/C21H18N4S2/c22-17-16-18(13-6-2-1-3-7-13)24-19(14-8-5-11-23-12-14)25-20(16)27-21(17)26-15-9-4-10-15/h1-3,5-8,11-12,15H,4,9-10,22H2. The highest BCUT2D eigenvalue weighted by molar-refractivity contribution is 8.02. The smallest absolute Gasteiger partial charge is 0.162 e. The SMILES string of the molecule is Nc1c(SC2CCC2)sc2nc(-c3cccnc3)nc(-c3ccccc3)c12. The van der Waals surface area contributed by atoms with Gasteiger partial charge in [0.15, 0.2) is 5.82 Å². The summed E-state index contributed by atoms with van der Waals surface area (Å²) in [5, 5.41) is 1.66. The molecule has 1 saturated carbocycles. The minimum Gasteiger partial charge on any atom is -0.397 e. The van der Waals surface area contributed by atoms with Gasteiger partial charge in [-0.2, -0.15) is 0 Å². The molecular weight excluding hydrogens is 372 g/mol. The van der Waals surface area contributed by atoms with Crippen molar-refractivity contribution in [1.82, 2.24) is 15.0 Å². The number of thioether (sulfide) groups is 1. The van der Waals surface area contributed by atoms with E-state index in [2.05, 4.69) is 17.1 Å². The summed E-state index contributed by atoms with van der Waals surface area (Å²) in [6.45, 7) is 0. The first-order valence-corrected chi connectivity index (χ1v) is 10.7. The molecule has 1 aliphatic rings. The fraction of sp³-hybridized carbons (Fsp3) is 0.190. The zero-order chi connectivity index (χ0) is 18.2. The maximum atomic E-state index is 6.59. The quantitative estimate of drug-likeness (QED) is 0.488. The Hall–Kier alpha value is -2.44. The van der Waals surface area contributed by atoms with E-state index in [9.17, 15) is 0 Å². The minimum absolute atomic E-state index is 0.686. The molecule has 0 radical (unpaired) electrons. The number of nitrogens with zero attached hydrogens (tertiary/aromatic N) is 3. The predicted molar refractivity (Wildman–Crippen MR) is 114 cm³/mol. The van der Waals surface area contributed by atoms with Gasteiger partial charge in [0.2, 0.25) is 0 Å². The Kier molecular flexibility index (Phi) is 4.30. The van der Waals surface area contributed by atoms with Crippen LogP contribution in [0.15, 0.2) is 59.1 Å². The van der Waals surface area contributed by atoms with Crippen molar-refractivity contribution >= 4 is 39.0 Å². The monoisotopic (exact) mass is 390 g/mol. The largest absolute Gasteiger partial charge is 0.397 e. The summed E-state index contributed by atoms with van der Waals surface area (Å²) in [6, 6.07) is 14.1. The third kappa shape index (κ3) is 3.09. The molecule has 0 saturated heterocycles. The highest BCUT2D eigenvalue weighted by atomic mass is 32.2. The molecule has 1 fully saturated rings. The average molecular weight is 391 g/mol. The molecule has 1 aromatic carbocycles. The first kappa shape index (κ1) is 16.7. The third-order valence-corrected chi connectivity index (χ3v) is 7.52. The van der Waals surface area contributed by atoms with Crippen LogP contribution in [0.25, 0.3) is 32.9 Å². The van der Waals surface area contributed by atoms with Crippen molar-refractivity contribution < 1.29 is 0 Å². The van der Waals surface area contributed by atoms with Crippen molar-refractivity contribution in [2.75, 3.05) is 5.73 Å². The van der Waals surface area contributed by atoms with Gasteiger partial charge in [0, 0.05) is 28.8 Å². The molecule has 0 bridgehead atoms. The number of fused-ring (bicyclic) bond motifs is 1. The lowest BCUT2D eigenvalue weighted by Gasteiger charge is -2.23. The van der Waals surface area contributed by atoms with Gasteiger partial charge < -0.3 is 5.73 Å². The third-order valence-electron chi connectivity index (χ3n) is 4.85. The summed E-state index contributed by atoms with van der Waals surface area (Å²) in [5.41, 5.74) is 10.3. The van der Waals surface area contributed by atoms with E-state index in [0.29, 0.717) is 11.1 Å². The number of hydrogen-bond donors (Lipinski definition) is 1. The van der Waals surface area contributed by atoms with E-state index in [1.165, 1.54) is 23.5 Å². The Morgan fingerprint density at radius 1 is 1.00 bits per heavy atom. The second-order valence-corrected chi connectivity index (χ2v) is 9.23. The van der Waals surface area contributed by atoms with Crippen LogP contribution in [0.5, 0.6) is 0 Å². The van der Waals surface area contributed by atoms with Crippen LogP contribution >= 0.6 is 23.1 Å². The lowest BCUT2D eigenvalue weighted by Crippen LogP contribution is -2.12. The van der Waals surface area contributed by atoms with Crippen LogP contribution in [0.3, 0.4) is 0 Å². The van der Waals surface area contributed by atoms with Crippen molar-refractivity contribution in [3.05, 3.63) is 54.9 Å². The predicted octanol–water partition coefficient (Wildman–Crippen LogP) is 5.65. The van der Waals surface area contributed by atoms with E-state index >= 15 is 0 Å². The van der Waals surface area contributed by atoms with Gasteiger partial charge in [-0.15, -0.1) is 23.1 Å². The Labute approximate surface area is 165 Å². The Morgan fingerprint density at radius 3 is 2.52 bits per heavy atom. The number of hydrogen-bond acceptors (Lipinski definition) is 6. The van der Waals surface area contributed by atoms with Crippen LogP contribution in [0, 0.1) is 0 Å². The van der Waals surface area contributed by atoms with Gasteiger partial charge >= 0.3 is 0 Å². The first-order chi connectivity index (χ1) is 13.3. The summed E-state index contributed by atoms with van der Waals surface area (Å²) < 4.78 is 1.17. The number of thiophene rings is 1. The molecule has 0 spiro atoms. The molecule has 3 heterocycles. The second kappa shape index (κ2) is 6.94. The summed E-state index contributed by atoms with van der Waals surface area (Å²) in [6.07, 6.45) is 7.43. The number of benzene rings is 1. The molecule has 27 heavy (non-hydrogen) atoms. The van der Waals surface area contributed by atoms with Crippen molar-refractivity contribution in [2.24, 2.45) is 0 Å². The maximum Gasteiger partial charge on any atom is 0.162 e. The molecule has 1 aliphatic carbocycles. The minimum atomic E-state index is 0.686. The van der Waals surface area contributed by atoms with Gasteiger partial charge in [-0.05, 0) is 25.0 Å². The molecule has 2 N–H and O–H groups in total. The van der Waals surface area contributed by atoms with Crippen LogP contribution in [0.4, 0.5) is 5.69 Å². The molecule has 0 atom stereocenters. The molecule has 4 aromatic rings. The van der Waals surface area contributed by atoms with Crippen molar-refractivity contribution in [3.8, 4) is 22.6 Å². The number of anilines is 1. The Bertz CT molecular complexity index is 1090. The molecule has 0 amide bonds. The number of rotatable bonds is 4. The Morgan fingerprint density at radius 2 is 1.81 bits per heavy atom. The normalized spacial score (nSPS) is 14.4. The van der Waals surface area contributed by atoms with Crippen LogP contribution < -0.4 is 5.73 Å². The van der Waals surface area contributed by atoms with Gasteiger partial charge in [0.25, 0.3) is 0 Å². The highest BCUT2D eigenvalue weighted by Gasteiger charge is 2.24. The number of nitrogen functional groups attached to an aromatic ring is 1. The maximum absolute atomic E-state index is 6.59. The summed E-state index contributed by atoms with van der Waals surface area (Å²) >= 11 is 3.59. The molecule has 5 rings (SSSR count). The lowest BCUT2D eigenvalue weighted by atomic mass is 10.0. The van der Waals surface area contributed by atoms with Crippen LogP contribution in [-0.2, 0) is 0 Å². The summed E-state index contributed by atoms with van der Waals surface area (Å²) in [5.74, 6) is 0.691. The molecule has 134 valence electrons. The second-order valence-electron chi connectivity index (χ2n) is 6.66. The van der Waals surface area contributed by atoms with Gasteiger partial charge in [-0.3, -0.25) is 4.98 Å². The number of pyridine rings is 1. The molecule has 0 aliphatic heterocycles. The Balaban J connectivity index is 1.72. The van der Waals surface area contributed by atoms with Gasteiger partial charge in [-0.1, -0.05) is 36.8 Å². The summed E-state index contributed by atoms with van der Waals surface area (Å²) in [7, 11) is 0. The van der Waals surface area contributed by atoms with Crippen LogP contribution in [0.1, 0.15) is 19.3 Å². The molecule has 3 aromatic heterocycles. The summed E-state index contributed by atoms with van der Waals surface area (Å²) in [4.78, 5) is 14.9. The molecule has 6 heteroatoms. The van der Waals surface area contributed by atoms with E-state index < -0.39 is 0 Å². The van der Waals surface area contributed by atoms with E-state index in [1.54, 1.807) is 23.7 Å². The van der Waals surface area contributed by atoms with Crippen molar-refractivity contribution in [1.29, 1.82) is 0 Å². The van der Waals surface area contributed by atoms with E-state index in [4.69, 9.17) is 15.7 Å². The lowest BCUT2D eigenvalue weighted by molar-refractivity contribution is 0.522. The van der Waals surface area contributed by atoms with Crippen LogP contribution in [0.2, 0.25) is 0 Å². The van der Waals surface area contributed by atoms with Crippen molar-refractivity contribution in [3.63, 3.8) is 0 Å². The number of aromatic nitrogens is 3. The topological polar surface area (TPSA) is 64.7 Å².